The van der Waals surface area contributed by atoms with Crippen molar-refractivity contribution in [3.63, 3.8) is 0 Å². The second-order valence-corrected chi connectivity index (χ2v) is 4.49. The van der Waals surface area contributed by atoms with E-state index in [0.717, 1.165) is 0 Å². The summed E-state index contributed by atoms with van der Waals surface area (Å²) in [5, 5.41) is 0. The molecule has 0 saturated heterocycles. The zero-order valence-electron chi connectivity index (χ0n) is 8.79. The van der Waals surface area contributed by atoms with Crippen molar-refractivity contribution in [3.05, 3.63) is 35.9 Å². The number of benzene rings is 1. The van der Waals surface area contributed by atoms with E-state index in [1.54, 1.807) is 24.3 Å². The van der Waals surface area contributed by atoms with E-state index in [2.05, 4.69) is 0 Å². The predicted octanol–water partition coefficient (Wildman–Crippen LogP) is 0.837. The van der Waals surface area contributed by atoms with E-state index in [9.17, 15) is 13.2 Å². The zero-order chi connectivity index (χ0) is 12.0. The van der Waals surface area contributed by atoms with E-state index >= 15 is 0 Å². The van der Waals surface area contributed by atoms with Crippen LogP contribution in [0.25, 0.3) is 0 Å². The molecule has 0 spiro atoms. The summed E-state index contributed by atoms with van der Waals surface area (Å²) in [6, 6.07) is 8.83. The van der Waals surface area contributed by atoms with Gasteiger partial charge in [0.05, 0.1) is 6.61 Å². The molecule has 0 atom stereocenters. The third-order valence-corrected chi connectivity index (χ3v) is 3.16. The van der Waals surface area contributed by atoms with Gasteiger partial charge in [-0.1, -0.05) is 30.3 Å². The second-order valence-electron chi connectivity index (χ2n) is 2.96. The van der Waals surface area contributed by atoms with Gasteiger partial charge < -0.3 is 0 Å². The summed E-state index contributed by atoms with van der Waals surface area (Å²) < 4.78 is 28.0. The van der Waals surface area contributed by atoms with Crippen molar-refractivity contribution in [2.45, 2.75) is 13.5 Å². The predicted molar refractivity (Wildman–Crippen MR) is 58.2 cm³/mol. The van der Waals surface area contributed by atoms with Gasteiger partial charge in [-0.05, 0) is 12.5 Å². The minimum Gasteiger partial charge on any atom is -0.262 e. The molecule has 0 unspecified atom stereocenters. The Labute approximate surface area is 94.9 Å². The van der Waals surface area contributed by atoms with Crippen LogP contribution in [-0.4, -0.2) is 25.7 Å². The van der Waals surface area contributed by atoms with Gasteiger partial charge in [-0.2, -0.15) is 8.42 Å². The van der Waals surface area contributed by atoms with Crippen LogP contribution in [0.15, 0.2) is 30.3 Å². The van der Waals surface area contributed by atoms with Gasteiger partial charge in [0.1, 0.15) is 0 Å². The summed E-state index contributed by atoms with van der Waals surface area (Å²) in [6.07, 6.45) is 1.30. The van der Waals surface area contributed by atoms with Crippen molar-refractivity contribution in [1.82, 2.24) is 4.31 Å². The fourth-order valence-corrected chi connectivity index (χ4v) is 1.87. The molecule has 16 heavy (non-hydrogen) atoms. The third-order valence-electron chi connectivity index (χ3n) is 1.88. The van der Waals surface area contributed by atoms with Crippen LogP contribution in [0.1, 0.15) is 12.5 Å². The lowest BCUT2D eigenvalue weighted by atomic mass is 10.2. The Kier molecular flexibility index (Phi) is 4.45. The Morgan fingerprint density at radius 1 is 1.31 bits per heavy atom. The topological polar surface area (TPSA) is 63.7 Å². The van der Waals surface area contributed by atoms with Crippen molar-refractivity contribution in [1.29, 1.82) is 0 Å². The van der Waals surface area contributed by atoms with Gasteiger partial charge >= 0.3 is 16.7 Å². The van der Waals surface area contributed by atoms with Crippen LogP contribution >= 0.6 is 0 Å². The van der Waals surface area contributed by atoms with Crippen LogP contribution in [0.2, 0.25) is 0 Å². The van der Waals surface area contributed by atoms with E-state index < -0.39 is 10.3 Å². The number of nitrogens with zero attached hydrogens (tertiary/aromatic N) is 1. The lowest BCUT2D eigenvalue weighted by molar-refractivity contribution is 0.281. The molecule has 1 radical (unpaired) electrons. The Hall–Kier alpha value is -1.40. The Bertz CT molecular complexity index is 429. The molecule has 1 amide bonds. The maximum absolute atomic E-state index is 11.4. The highest BCUT2D eigenvalue weighted by atomic mass is 32.2. The monoisotopic (exact) mass is 242 g/mol. The quantitative estimate of drug-likeness (QED) is 0.693. The van der Waals surface area contributed by atoms with Gasteiger partial charge in [0, 0.05) is 6.54 Å². The number of rotatable bonds is 6. The maximum atomic E-state index is 11.4. The number of hydrogen-bond acceptors (Lipinski definition) is 4. The lowest BCUT2D eigenvalue weighted by Crippen LogP contribution is -2.30. The van der Waals surface area contributed by atoms with E-state index in [-0.39, 0.29) is 13.2 Å². The molecule has 1 aromatic carbocycles. The highest BCUT2D eigenvalue weighted by Gasteiger charge is 2.20. The molecule has 0 aromatic heterocycles. The highest BCUT2D eigenvalue weighted by Crippen LogP contribution is 2.06. The van der Waals surface area contributed by atoms with Crippen LogP contribution < -0.4 is 0 Å². The Balaban J connectivity index is 2.65. The highest BCUT2D eigenvalue weighted by molar-refractivity contribution is 7.84. The molecule has 1 aromatic rings. The molecule has 0 aliphatic rings. The van der Waals surface area contributed by atoms with Gasteiger partial charge in [-0.3, -0.25) is 4.79 Å². The van der Waals surface area contributed by atoms with Gasteiger partial charge in [-0.15, -0.1) is 0 Å². The first-order valence-corrected chi connectivity index (χ1v) is 6.05. The van der Waals surface area contributed by atoms with Gasteiger partial charge in [0.15, 0.2) is 0 Å². The SMILES string of the molecule is CCN([C]=O)S(=O)(=O)OCc1ccccc1. The first-order chi connectivity index (χ1) is 7.60. The van der Waals surface area contributed by atoms with Crippen molar-refractivity contribution < 1.29 is 17.4 Å². The average molecular weight is 242 g/mol. The summed E-state index contributed by atoms with van der Waals surface area (Å²) in [6.45, 7) is 1.43. The first kappa shape index (κ1) is 12.7. The minimum absolute atomic E-state index is 0.000618. The molecule has 0 saturated carbocycles. The van der Waals surface area contributed by atoms with Crippen LogP contribution in [0.4, 0.5) is 0 Å². The summed E-state index contributed by atoms with van der Waals surface area (Å²) in [5.41, 5.74) is 0.716. The summed E-state index contributed by atoms with van der Waals surface area (Å²) in [7, 11) is -4.01. The summed E-state index contributed by atoms with van der Waals surface area (Å²) >= 11 is 0. The Morgan fingerprint density at radius 2 is 1.94 bits per heavy atom. The molecule has 87 valence electrons. The van der Waals surface area contributed by atoms with Gasteiger partial charge in [0.2, 0.25) is 0 Å². The molecule has 6 heteroatoms. The van der Waals surface area contributed by atoms with Crippen LogP contribution in [0.3, 0.4) is 0 Å². The van der Waals surface area contributed by atoms with E-state index in [0.29, 0.717) is 9.87 Å². The molecule has 0 heterocycles. The third kappa shape index (κ3) is 3.32. The zero-order valence-corrected chi connectivity index (χ0v) is 9.61. The molecule has 0 aliphatic carbocycles. The molecule has 0 fully saturated rings. The van der Waals surface area contributed by atoms with Crippen LogP contribution in [-0.2, 0) is 25.9 Å². The molecule has 0 N–H and O–H groups in total. The molecular weight excluding hydrogens is 230 g/mol. The largest absolute Gasteiger partial charge is 0.365 e. The van der Waals surface area contributed by atoms with E-state index in [1.807, 2.05) is 6.07 Å². The fraction of sp³-hybridized carbons (Fsp3) is 0.300. The summed E-state index contributed by atoms with van der Waals surface area (Å²) in [4.78, 5) is 10.3. The van der Waals surface area contributed by atoms with E-state index in [4.69, 9.17) is 4.18 Å². The van der Waals surface area contributed by atoms with Crippen LogP contribution in [0.5, 0.6) is 0 Å². The maximum Gasteiger partial charge on any atom is 0.365 e. The standard InChI is InChI=1S/C10H12NO4S/c1-2-11(9-12)16(13,14)15-8-10-6-4-3-5-7-10/h3-7H,2,8H2,1H3. The number of carbonyl (C=O) groups excluding carboxylic acids is 1. The average Bonchev–Trinajstić information content (AvgIpc) is 2.29. The van der Waals surface area contributed by atoms with E-state index in [1.165, 1.54) is 13.3 Å². The number of amides is 1. The van der Waals surface area contributed by atoms with Gasteiger partial charge in [-0.25, -0.2) is 8.49 Å². The Morgan fingerprint density at radius 3 is 2.44 bits per heavy atom. The van der Waals surface area contributed by atoms with Crippen molar-refractivity contribution in [3.8, 4) is 0 Å². The van der Waals surface area contributed by atoms with Crippen molar-refractivity contribution in [2.75, 3.05) is 6.54 Å². The smallest absolute Gasteiger partial charge is 0.262 e. The molecule has 0 bridgehead atoms. The molecule has 0 aliphatic heterocycles. The second kappa shape index (κ2) is 5.62. The lowest BCUT2D eigenvalue weighted by Gasteiger charge is -2.13. The number of hydrogen-bond donors (Lipinski definition) is 0. The molecule has 1 rings (SSSR count). The van der Waals surface area contributed by atoms with Gasteiger partial charge in [0.25, 0.3) is 0 Å². The van der Waals surface area contributed by atoms with Crippen molar-refractivity contribution in [2.24, 2.45) is 0 Å². The van der Waals surface area contributed by atoms with Crippen LogP contribution in [0, 0.1) is 0 Å². The first-order valence-electron chi connectivity index (χ1n) is 4.69. The minimum atomic E-state index is -4.01. The summed E-state index contributed by atoms with van der Waals surface area (Å²) in [5.74, 6) is 0. The van der Waals surface area contributed by atoms with Crippen molar-refractivity contribution >= 4 is 16.7 Å². The molecule has 5 nitrogen and oxygen atoms in total. The fourth-order valence-electron chi connectivity index (χ4n) is 1.05. The normalized spacial score (nSPS) is 11.1. The molecular formula is C10H12NO4S.